The molecule has 32 heavy (non-hydrogen) atoms. The lowest BCUT2D eigenvalue weighted by molar-refractivity contribution is 0.0695. The normalized spacial score (nSPS) is 11.2. The van der Waals surface area contributed by atoms with Gasteiger partial charge in [-0.2, -0.15) is 0 Å². The molecule has 0 spiro atoms. The number of benzene rings is 2. The maximum absolute atomic E-state index is 15.3. The van der Waals surface area contributed by atoms with Crippen molar-refractivity contribution >= 4 is 28.9 Å². The maximum Gasteiger partial charge on any atom is 0.336 e. The van der Waals surface area contributed by atoms with Crippen LogP contribution in [0.25, 0.3) is 16.6 Å². The van der Waals surface area contributed by atoms with Crippen molar-refractivity contribution in [1.82, 2.24) is 4.40 Å². The number of aromatic nitrogens is 1. The monoisotopic (exact) mass is 457 g/mol. The Morgan fingerprint density at radius 1 is 1.00 bits per heavy atom. The van der Waals surface area contributed by atoms with Gasteiger partial charge in [0.25, 0.3) is 0 Å². The van der Waals surface area contributed by atoms with Gasteiger partial charge in [-0.3, -0.25) is 4.79 Å². The van der Waals surface area contributed by atoms with Gasteiger partial charge in [0.05, 0.1) is 27.4 Å². The van der Waals surface area contributed by atoms with Crippen LogP contribution in [-0.2, 0) is 6.42 Å². The van der Waals surface area contributed by atoms with Gasteiger partial charge in [-0.1, -0.05) is 30.7 Å². The van der Waals surface area contributed by atoms with Crippen LogP contribution in [0.4, 0.5) is 13.2 Å². The van der Waals surface area contributed by atoms with Crippen LogP contribution in [0.1, 0.15) is 38.9 Å². The van der Waals surface area contributed by atoms with E-state index in [9.17, 15) is 23.5 Å². The fraction of sp³-hybridized carbons (Fsp3) is 0.0833. The van der Waals surface area contributed by atoms with Gasteiger partial charge < -0.3 is 9.51 Å². The molecular formula is C24H15ClF3NO3. The number of rotatable bonds is 5. The van der Waals surface area contributed by atoms with Gasteiger partial charge in [0.1, 0.15) is 17.5 Å². The Balaban J connectivity index is 2.02. The average molecular weight is 458 g/mol. The molecule has 0 amide bonds. The summed E-state index contributed by atoms with van der Waals surface area (Å²) in [6, 6.07) is 9.99. The maximum atomic E-state index is 15.3. The third kappa shape index (κ3) is 3.35. The number of ketones is 1. The molecule has 4 nitrogen and oxygen atoms in total. The number of carboxylic acid groups (broad SMARTS) is 1. The molecule has 162 valence electrons. The van der Waals surface area contributed by atoms with Crippen LogP contribution in [0.2, 0.25) is 5.02 Å². The molecule has 2 aromatic heterocycles. The van der Waals surface area contributed by atoms with E-state index >= 15 is 4.39 Å². The summed E-state index contributed by atoms with van der Waals surface area (Å²) < 4.78 is 45.8. The molecule has 2 heterocycles. The lowest BCUT2D eigenvalue weighted by Crippen LogP contribution is -2.08. The first-order valence-electron chi connectivity index (χ1n) is 9.59. The number of nitrogens with zero attached hydrogens (tertiary/aromatic N) is 1. The first kappa shape index (κ1) is 21.6. The number of carboxylic acids is 1. The zero-order valence-electron chi connectivity index (χ0n) is 16.6. The number of halogens is 4. The minimum atomic E-state index is -1.29. The number of carbonyl (C=O) groups excluding carboxylic acids is 1. The Hall–Kier alpha value is -3.58. The molecule has 0 bridgehead atoms. The summed E-state index contributed by atoms with van der Waals surface area (Å²) in [5, 5.41) is 9.21. The molecule has 2 aromatic carbocycles. The highest BCUT2D eigenvalue weighted by Crippen LogP contribution is 2.35. The molecule has 8 heteroatoms. The van der Waals surface area contributed by atoms with Crippen molar-refractivity contribution in [1.29, 1.82) is 0 Å². The summed E-state index contributed by atoms with van der Waals surface area (Å²) in [6.45, 7) is 1.60. The largest absolute Gasteiger partial charge is 0.478 e. The van der Waals surface area contributed by atoms with Crippen molar-refractivity contribution in [3.8, 4) is 11.1 Å². The quantitative estimate of drug-likeness (QED) is 0.365. The van der Waals surface area contributed by atoms with Crippen molar-refractivity contribution in [2.24, 2.45) is 0 Å². The number of pyridine rings is 1. The summed E-state index contributed by atoms with van der Waals surface area (Å²) in [4.78, 5) is 24.6. The highest BCUT2D eigenvalue weighted by atomic mass is 35.5. The van der Waals surface area contributed by atoms with E-state index in [4.69, 9.17) is 11.6 Å². The molecule has 4 aromatic rings. The minimum absolute atomic E-state index is 0.0306. The van der Waals surface area contributed by atoms with Crippen LogP contribution in [0.15, 0.2) is 54.7 Å². The van der Waals surface area contributed by atoms with Gasteiger partial charge in [0.15, 0.2) is 0 Å². The van der Waals surface area contributed by atoms with E-state index in [-0.39, 0.29) is 50.5 Å². The van der Waals surface area contributed by atoms with Crippen molar-refractivity contribution in [3.05, 3.63) is 99.6 Å². The smallest absolute Gasteiger partial charge is 0.336 e. The molecule has 0 saturated carbocycles. The molecule has 0 fully saturated rings. The average Bonchev–Trinajstić information content (AvgIpc) is 3.14. The molecule has 0 aliphatic rings. The van der Waals surface area contributed by atoms with Crippen molar-refractivity contribution in [2.75, 3.05) is 0 Å². The number of aromatic carboxylic acids is 1. The van der Waals surface area contributed by atoms with Crippen LogP contribution in [-0.4, -0.2) is 21.3 Å². The summed E-state index contributed by atoms with van der Waals surface area (Å²) >= 11 is 6.03. The summed E-state index contributed by atoms with van der Waals surface area (Å²) in [5.41, 5.74) is -0.909. The van der Waals surface area contributed by atoms with Gasteiger partial charge in [-0.25, -0.2) is 18.0 Å². The van der Waals surface area contributed by atoms with E-state index in [1.54, 1.807) is 6.92 Å². The molecule has 1 N–H and O–H groups in total. The second-order valence-electron chi connectivity index (χ2n) is 7.06. The van der Waals surface area contributed by atoms with E-state index in [1.807, 2.05) is 0 Å². The lowest BCUT2D eigenvalue weighted by atomic mass is 9.96. The second kappa shape index (κ2) is 8.16. The Morgan fingerprint density at radius 3 is 2.38 bits per heavy atom. The highest BCUT2D eigenvalue weighted by Gasteiger charge is 2.26. The molecule has 0 unspecified atom stereocenters. The number of fused-ring (bicyclic) bond motifs is 1. The molecule has 0 atom stereocenters. The van der Waals surface area contributed by atoms with Gasteiger partial charge in [-0.05, 0) is 42.8 Å². The van der Waals surface area contributed by atoms with Gasteiger partial charge in [0.2, 0.25) is 5.78 Å². The van der Waals surface area contributed by atoms with Crippen LogP contribution in [0.3, 0.4) is 0 Å². The number of hydrogen-bond donors (Lipinski definition) is 1. The summed E-state index contributed by atoms with van der Waals surface area (Å²) in [5.74, 6) is -4.50. The van der Waals surface area contributed by atoms with E-state index < -0.39 is 29.2 Å². The fourth-order valence-corrected chi connectivity index (χ4v) is 4.06. The third-order valence-electron chi connectivity index (χ3n) is 5.28. The Labute approximate surface area is 185 Å². The SMILES string of the molecule is CCc1c(C(=O)O)ccc(-c2cc(C(=O)c3c(F)cccc3Cl)n3cccc(F)c23)c1F. The first-order valence-corrected chi connectivity index (χ1v) is 9.97. The third-order valence-corrected chi connectivity index (χ3v) is 5.60. The van der Waals surface area contributed by atoms with Crippen LogP contribution in [0, 0.1) is 17.5 Å². The van der Waals surface area contributed by atoms with E-state index in [0.29, 0.717) is 0 Å². The summed E-state index contributed by atoms with van der Waals surface area (Å²) in [7, 11) is 0. The highest BCUT2D eigenvalue weighted by molar-refractivity contribution is 6.35. The zero-order chi connectivity index (χ0) is 23.2. The predicted octanol–water partition coefficient (Wildman–Crippen LogP) is 6.17. The first-order chi connectivity index (χ1) is 15.3. The minimum Gasteiger partial charge on any atom is -0.478 e. The Morgan fingerprint density at radius 2 is 1.72 bits per heavy atom. The van der Waals surface area contributed by atoms with Crippen molar-refractivity contribution in [3.63, 3.8) is 0 Å². The van der Waals surface area contributed by atoms with Gasteiger partial charge in [0, 0.05) is 22.9 Å². The fourth-order valence-electron chi connectivity index (χ4n) is 3.81. The number of carbonyl (C=O) groups is 2. The van der Waals surface area contributed by atoms with Gasteiger partial charge in [-0.15, -0.1) is 0 Å². The Kier molecular flexibility index (Phi) is 5.52. The van der Waals surface area contributed by atoms with E-state index in [0.717, 1.165) is 12.1 Å². The standard InChI is InChI=1S/C24H15ClF3NO3/c1-2-12-14(24(31)32)9-8-13(21(12)28)15-11-19(29-10-4-7-18(27)22(15)29)23(30)20-16(25)5-3-6-17(20)26/h3-11H,2H2,1H3,(H,31,32). The van der Waals surface area contributed by atoms with Gasteiger partial charge >= 0.3 is 5.97 Å². The van der Waals surface area contributed by atoms with Crippen LogP contribution in [0.5, 0.6) is 0 Å². The Bertz CT molecular complexity index is 1390. The molecule has 0 aliphatic carbocycles. The zero-order valence-corrected chi connectivity index (χ0v) is 17.4. The topological polar surface area (TPSA) is 58.8 Å². The van der Waals surface area contributed by atoms with Crippen molar-refractivity contribution < 1.29 is 27.9 Å². The van der Waals surface area contributed by atoms with Crippen LogP contribution < -0.4 is 0 Å². The molecule has 4 rings (SSSR count). The van der Waals surface area contributed by atoms with E-state index in [1.165, 1.54) is 47.0 Å². The lowest BCUT2D eigenvalue weighted by Gasteiger charge is -2.10. The molecule has 0 saturated heterocycles. The molecular weight excluding hydrogens is 443 g/mol. The van der Waals surface area contributed by atoms with Crippen molar-refractivity contribution in [2.45, 2.75) is 13.3 Å². The molecule has 0 aliphatic heterocycles. The molecule has 0 radical (unpaired) electrons. The van der Waals surface area contributed by atoms with E-state index in [2.05, 4.69) is 0 Å². The second-order valence-corrected chi connectivity index (χ2v) is 7.46. The van der Waals surface area contributed by atoms with Crippen LogP contribution >= 0.6 is 11.6 Å². The predicted molar refractivity (Wildman–Crippen MR) is 114 cm³/mol. The number of hydrogen-bond acceptors (Lipinski definition) is 2. The summed E-state index contributed by atoms with van der Waals surface area (Å²) in [6.07, 6.45) is 1.49.